The molecule has 0 saturated heterocycles. The Kier molecular flexibility index (Phi) is 4.55. The van der Waals surface area contributed by atoms with E-state index in [0.717, 1.165) is 30.8 Å². The van der Waals surface area contributed by atoms with E-state index in [2.05, 4.69) is 12.1 Å². The minimum absolute atomic E-state index is 0.203. The molecule has 4 heteroatoms. The smallest absolute Gasteiger partial charge is 0.302 e. The summed E-state index contributed by atoms with van der Waals surface area (Å²) in [5.74, 6) is 2.36. The van der Waals surface area contributed by atoms with Crippen LogP contribution in [-0.2, 0) is 9.53 Å². The monoisotopic (exact) mass is 304 g/mol. The van der Waals surface area contributed by atoms with E-state index in [1.165, 1.54) is 25.3 Å². The predicted octanol–water partition coefficient (Wildman–Crippen LogP) is 3.68. The second kappa shape index (κ2) is 6.59. The lowest BCUT2D eigenvalue weighted by molar-refractivity contribution is -0.141. The number of hydrogen-bond acceptors (Lipinski definition) is 4. The maximum atomic E-state index is 10.9. The first-order chi connectivity index (χ1) is 10.7. The molecule has 0 aromatic heterocycles. The summed E-state index contributed by atoms with van der Waals surface area (Å²) < 4.78 is 16.7. The quantitative estimate of drug-likeness (QED) is 0.752. The fourth-order valence-electron chi connectivity index (χ4n) is 3.27. The SMILES string of the molecule is COc1ccc([C@@H]2C[C@H]2COC(C)=O)cc1OC1CCCC1. The van der Waals surface area contributed by atoms with Gasteiger partial charge in [-0.2, -0.15) is 0 Å². The zero-order valence-electron chi connectivity index (χ0n) is 13.3. The molecule has 2 fully saturated rings. The van der Waals surface area contributed by atoms with Crippen LogP contribution >= 0.6 is 0 Å². The number of rotatable bonds is 6. The Hall–Kier alpha value is -1.71. The van der Waals surface area contributed by atoms with Crippen molar-refractivity contribution in [1.82, 2.24) is 0 Å². The van der Waals surface area contributed by atoms with Crippen LogP contribution in [0.25, 0.3) is 0 Å². The zero-order valence-corrected chi connectivity index (χ0v) is 13.3. The van der Waals surface area contributed by atoms with E-state index in [1.54, 1.807) is 7.11 Å². The Balaban J connectivity index is 1.66. The average molecular weight is 304 g/mol. The topological polar surface area (TPSA) is 44.8 Å². The Morgan fingerprint density at radius 1 is 1.23 bits per heavy atom. The van der Waals surface area contributed by atoms with Gasteiger partial charge in [0.25, 0.3) is 0 Å². The molecule has 0 amide bonds. The van der Waals surface area contributed by atoms with Crippen molar-refractivity contribution in [1.29, 1.82) is 0 Å². The van der Waals surface area contributed by atoms with Crippen LogP contribution < -0.4 is 9.47 Å². The molecule has 0 heterocycles. The molecule has 0 bridgehead atoms. The summed E-state index contributed by atoms with van der Waals surface area (Å²) in [5.41, 5.74) is 1.26. The van der Waals surface area contributed by atoms with Crippen molar-refractivity contribution in [3.05, 3.63) is 23.8 Å². The highest BCUT2D eigenvalue weighted by atomic mass is 16.5. The van der Waals surface area contributed by atoms with Gasteiger partial charge in [0, 0.05) is 12.8 Å². The number of benzene rings is 1. The van der Waals surface area contributed by atoms with E-state index in [0.29, 0.717) is 24.5 Å². The number of hydrogen-bond donors (Lipinski definition) is 0. The van der Waals surface area contributed by atoms with Crippen molar-refractivity contribution in [2.24, 2.45) is 5.92 Å². The summed E-state index contributed by atoms with van der Waals surface area (Å²) in [6.07, 6.45) is 6.15. The molecule has 4 nitrogen and oxygen atoms in total. The summed E-state index contributed by atoms with van der Waals surface area (Å²) >= 11 is 0. The van der Waals surface area contributed by atoms with E-state index >= 15 is 0 Å². The largest absolute Gasteiger partial charge is 0.493 e. The molecule has 2 atom stereocenters. The molecule has 0 N–H and O–H groups in total. The molecular weight excluding hydrogens is 280 g/mol. The fourth-order valence-corrected chi connectivity index (χ4v) is 3.27. The number of ether oxygens (including phenoxy) is 3. The van der Waals surface area contributed by atoms with E-state index in [-0.39, 0.29) is 5.97 Å². The molecule has 0 unspecified atom stereocenters. The van der Waals surface area contributed by atoms with Crippen LogP contribution in [0.3, 0.4) is 0 Å². The highest BCUT2D eigenvalue weighted by Crippen LogP contribution is 2.49. The van der Waals surface area contributed by atoms with Crippen LogP contribution in [0.15, 0.2) is 18.2 Å². The average Bonchev–Trinajstić information content (AvgIpc) is 3.11. The van der Waals surface area contributed by atoms with Crippen molar-refractivity contribution in [2.45, 2.75) is 51.0 Å². The van der Waals surface area contributed by atoms with E-state index in [9.17, 15) is 4.79 Å². The maximum Gasteiger partial charge on any atom is 0.302 e. The van der Waals surface area contributed by atoms with Gasteiger partial charge in [-0.3, -0.25) is 4.79 Å². The molecule has 120 valence electrons. The number of esters is 1. The van der Waals surface area contributed by atoms with Crippen molar-refractivity contribution in [3.8, 4) is 11.5 Å². The maximum absolute atomic E-state index is 10.9. The summed E-state index contributed by atoms with van der Waals surface area (Å²) in [4.78, 5) is 10.9. The molecule has 3 rings (SSSR count). The predicted molar refractivity (Wildman–Crippen MR) is 83.4 cm³/mol. The van der Waals surface area contributed by atoms with E-state index in [4.69, 9.17) is 14.2 Å². The van der Waals surface area contributed by atoms with Crippen LogP contribution in [0.5, 0.6) is 11.5 Å². The third-order valence-electron chi connectivity index (χ3n) is 4.63. The normalized spacial score (nSPS) is 24.1. The first kappa shape index (κ1) is 15.2. The minimum atomic E-state index is -0.203. The number of methoxy groups -OCH3 is 1. The third kappa shape index (κ3) is 3.54. The lowest BCUT2D eigenvalue weighted by atomic mass is 10.1. The third-order valence-corrected chi connectivity index (χ3v) is 4.63. The first-order valence-electron chi connectivity index (χ1n) is 8.15. The van der Waals surface area contributed by atoms with E-state index in [1.807, 2.05) is 6.07 Å². The summed E-state index contributed by atoms with van der Waals surface area (Å²) in [7, 11) is 1.68. The molecule has 2 aliphatic rings. The second-order valence-corrected chi connectivity index (χ2v) is 6.34. The van der Waals surface area contributed by atoms with Gasteiger partial charge in [-0.15, -0.1) is 0 Å². The molecule has 0 aliphatic heterocycles. The zero-order chi connectivity index (χ0) is 15.5. The fraction of sp³-hybridized carbons (Fsp3) is 0.611. The van der Waals surface area contributed by atoms with Gasteiger partial charge in [-0.1, -0.05) is 6.07 Å². The van der Waals surface area contributed by atoms with Crippen molar-refractivity contribution in [3.63, 3.8) is 0 Å². The molecule has 0 radical (unpaired) electrons. The van der Waals surface area contributed by atoms with Crippen LogP contribution in [0.4, 0.5) is 0 Å². The molecule has 22 heavy (non-hydrogen) atoms. The molecule has 0 spiro atoms. The van der Waals surface area contributed by atoms with Crippen molar-refractivity contribution in [2.75, 3.05) is 13.7 Å². The Labute approximate surface area is 131 Å². The lowest BCUT2D eigenvalue weighted by Gasteiger charge is -2.17. The van der Waals surface area contributed by atoms with E-state index < -0.39 is 0 Å². The molecule has 1 aromatic carbocycles. The second-order valence-electron chi connectivity index (χ2n) is 6.34. The van der Waals surface area contributed by atoms with Gasteiger partial charge in [0.1, 0.15) is 0 Å². The van der Waals surface area contributed by atoms with Gasteiger partial charge in [0.2, 0.25) is 0 Å². The van der Waals surface area contributed by atoms with Crippen LogP contribution in [-0.4, -0.2) is 25.8 Å². The van der Waals surface area contributed by atoms with Gasteiger partial charge in [-0.25, -0.2) is 0 Å². The molecular formula is C18H24O4. The van der Waals surface area contributed by atoms with Gasteiger partial charge < -0.3 is 14.2 Å². The standard InChI is InChI=1S/C18H24O4/c1-12(19)21-11-14-9-16(14)13-7-8-17(20-2)18(10-13)22-15-5-3-4-6-15/h7-8,10,14-16H,3-6,9,11H2,1-2H3/t14-,16-/m0/s1. The molecule has 2 aliphatic carbocycles. The van der Waals surface area contributed by atoms with Gasteiger partial charge in [0.05, 0.1) is 19.8 Å². The summed E-state index contributed by atoms with van der Waals surface area (Å²) in [6, 6.07) is 6.19. The van der Waals surface area contributed by atoms with Gasteiger partial charge >= 0.3 is 5.97 Å². The lowest BCUT2D eigenvalue weighted by Crippen LogP contribution is -2.11. The number of carbonyl (C=O) groups excluding carboxylic acids is 1. The van der Waals surface area contributed by atoms with Crippen molar-refractivity contribution < 1.29 is 19.0 Å². The molecule has 1 aromatic rings. The number of carbonyl (C=O) groups is 1. The Bertz CT molecular complexity index is 534. The summed E-state index contributed by atoms with van der Waals surface area (Å²) in [6.45, 7) is 1.98. The minimum Gasteiger partial charge on any atom is -0.493 e. The van der Waals surface area contributed by atoms with Gasteiger partial charge in [0.15, 0.2) is 11.5 Å². The highest BCUT2D eigenvalue weighted by Gasteiger charge is 2.39. The van der Waals surface area contributed by atoms with Gasteiger partial charge in [-0.05, 0) is 55.7 Å². The molecule has 2 saturated carbocycles. The Morgan fingerprint density at radius 3 is 2.68 bits per heavy atom. The Morgan fingerprint density at radius 2 is 2.00 bits per heavy atom. The highest BCUT2D eigenvalue weighted by molar-refractivity contribution is 5.65. The van der Waals surface area contributed by atoms with Crippen LogP contribution in [0.1, 0.15) is 50.5 Å². The van der Waals surface area contributed by atoms with Crippen molar-refractivity contribution >= 4 is 5.97 Å². The summed E-state index contributed by atoms with van der Waals surface area (Å²) in [5, 5.41) is 0. The first-order valence-corrected chi connectivity index (χ1v) is 8.15. The van der Waals surface area contributed by atoms with Crippen LogP contribution in [0, 0.1) is 5.92 Å². The van der Waals surface area contributed by atoms with Crippen LogP contribution in [0.2, 0.25) is 0 Å².